The van der Waals surface area contributed by atoms with Crippen molar-refractivity contribution in [3.05, 3.63) is 304 Å². The quantitative estimate of drug-likeness (QED) is 0.0246. The van der Waals surface area contributed by atoms with Crippen molar-refractivity contribution in [3.8, 4) is 39.8 Å². The Morgan fingerprint density at radius 2 is 1.38 bits per heavy atom. The van der Waals surface area contributed by atoms with Crippen LogP contribution >= 0.6 is 15.9 Å². The number of carbonyl (C=O) groups excluding carboxylic acids is 4. The number of pyridine rings is 2. The molecule has 2 fully saturated rings. The molecule has 0 radical (unpaired) electrons. The van der Waals surface area contributed by atoms with Crippen molar-refractivity contribution in [3.63, 3.8) is 0 Å². The van der Waals surface area contributed by atoms with Crippen LogP contribution in [0.3, 0.4) is 0 Å². The summed E-state index contributed by atoms with van der Waals surface area (Å²) in [4.78, 5) is 91.7. The fraction of sp³-hybridized carbons (Fsp3) is 0.283. The molecule has 5 amide bonds. The van der Waals surface area contributed by atoms with E-state index in [0.29, 0.717) is 93.2 Å². The average molecular weight is 1870 g/mol. The number of benzene rings is 8. The second-order valence-electron chi connectivity index (χ2n) is 33.0. The Bertz CT molecular complexity index is 6720. The molecule has 2 aliphatic rings. The lowest BCUT2D eigenvalue weighted by molar-refractivity contribution is 0.0323. The highest BCUT2D eigenvalue weighted by atomic mass is 79.9. The molecule has 1 saturated heterocycles. The van der Waals surface area contributed by atoms with E-state index in [0.717, 1.165) is 142 Å². The number of para-hydroxylation sites is 1. The molecule has 16 rings (SSSR count). The van der Waals surface area contributed by atoms with Gasteiger partial charge in [-0.1, -0.05) is 94.8 Å². The minimum Gasteiger partial charge on any atom is -0.492 e. The number of nitrogens with zero attached hydrogens (tertiary/aromatic N) is 10. The molecule has 8 aromatic carbocycles. The smallest absolute Gasteiger partial charge is 0.324 e. The van der Waals surface area contributed by atoms with Crippen molar-refractivity contribution >= 4 is 96.0 Å². The Hall–Kier alpha value is -14.0. The van der Waals surface area contributed by atoms with Gasteiger partial charge in [-0.3, -0.25) is 43.3 Å². The molecule has 8 N–H and O–H groups in total. The van der Waals surface area contributed by atoms with E-state index in [4.69, 9.17) is 19.3 Å². The van der Waals surface area contributed by atoms with E-state index >= 15 is 0 Å². The number of rotatable bonds is 25. The van der Waals surface area contributed by atoms with Crippen molar-refractivity contribution in [2.75, 3.05) is 80.9 Å². The molecular weight excluding hydrogens is 1760 g/mol. The minimum absolute atomic E-state index is 0.0319. The summed E-state index contributed by atoms with van der Waals surface area (Å²) >= 11 is 3.26. The fourth-order valence-corrected chi connectivity index (χ4v) is 15.0. The number of halogens is 6. The largest absolute Gasteiger partial charge is 0.492 e. The van der Waals surface area contributed by atoms with E-state index in [-0.39, 0.29) is 75.3 Å². The Labute approximate surface area is 767 Å². The van der Waals surface area contributed by atoms with Crippen LogP contribution in [0.2, 0.25) is 0 Å². The van der Waals surface area contributed by atoms with Crippen molar-refractivity contribution < 1.29 is 60.4 Å². The van der Waals surface area contributed by atoms with Gasteiger partial charge in [0.05, 0.1) is 59.9 Å². The van der Waals surface area contributed by atoms with Gasteiger partial charge in [-0.2, -0.15) is 15.2 Å². The Morgan fingerprint density at radius 1 is 0.674 bits per heavy atom. The molecule has 14 aromatic rings. The zero-order chi connectivity index (χ0) is 94.4. The Morgan fingerprint density at radius 3 is 2.06 bits per heavy atom. The van der Waals surface area contributed by atoms with E-state index in [2.05, 4.69) is 98.9 Å². The highest BCUT2D eigenvalue weighted by molar-refractivity contribution is 9.10. The maximum absolute atomic E-state index is 14.7. The summed E-state index contributed by atoms with van der Waals surface area (Å²) in [5, 5.41) is 41.7. The van der Waals surface area contributed by atoms with Gasteiger partial charge in [0.2, 0.25) is 5.95 Å². The van der Waals surface area contributed by atoms with Crippen LogP contribution in [0.5, 0.6) is 11.5 Å². The van der Waals surface area contributed by atoms with Crippen LogP contribution in [0.25, 0.3) is 55.6 Å². The van der Waals surface area contributed by atoms with Gasteiger partial charge in [0, 0.05) is 125 Å². The van der Waals surface area contributed by atoms with E-state index in [1.165, 1.54) is 54.3 Å². The summed E-state index contributed by atoms with van der Waals surface area (Å²) in [6, 6.07) is 47.0. The molecular formula is C99H103BrF5N17O10. The number of aromatic nitrogens is 9. The van der Waals surface area contributed by atoms with E-state index in [1.54, 1.807) is 59.6 Å². The molecule has 1 aliphatic carbocycles. The molecule has 1 unspecified atom stereocenters. The van der Waals surface area contributed by atoms with Crippen LogP contribution in [-0.4, -0.2) is 149 Å². The predicted molar refractivity (Wildman–Crippen MR) is 505 cm³/mol. The highest BCUT2D eigenvalue weighted by Crippen LogP contribution is 2.37. The first kappa shape index (κ1) is 95.6. The molecule has 1 atom stereocenters. The van der Waals surface area contributed by atoms with Gasteiger partial charge in [0.15, 0.2) is 11.5 Å². The molecule has 6 aromatic heterocycles. The fourth-order valence-electron chi connectivity index (χ4n) is 14.6. The number of urea groups is 1. The summed E-state index contributed by atoms with van der Waals surface area (Å²) in [5.74, 6) is -1.86. The second kappa shape index (κ2) is 42.7. The van der Waals surface area contributed by atoms with Gasteiger partial charge in [0.25, 0.3) is 28.8 Å². The maximum Gasteiger partial charge on any atom is 0.324 e. The summed E-state index contributed by atoms with van der Waals surface area (Å²) in [6.07, 6.45) is 6.67. The highest BCUT2D eigenvalue weighted by Gasteiger charge is 2.28. The molecule has 1 saturated carbocycles. The molecule has 132 heavy (non-hydrogen) atoms. The molecule has 0 bridgehead atoms. The minimum atomic E-state index is -0.931. The maximum atomic E-state index is 14.7. The third kappa shape index (κ3) is 22.9. The lowest BCUT2D eigenvalue weighted by Gasteiger charge is -2.26. The summed E-state index contributed by atoms with van der Waals surface area (Å²) < 4.78 is 93.1. The lowest BCUT2D eigenvalue weighted by atomic mass is 9.92. The number of hydrogen-bond acceptors (Lipinski definition) is 18. The number of aryl methyl sites for hydroxylation is 6. The van der Waals surface area contributed by atoms with Gasteiger partial charge in [-0.05, 0) is 202 Å². The molecule has 27 nitrogen and oxygen atoms in total. The van der Waals surface area contributed by atoms with E-state index in [1.807, 2.05) is 126 Å². The number of morpholine rings is 1. The number of fused-ring (bicyclic) bond motifs is 3. The SMILES string of the molecule is CCC(CO)Nc1nc(-c2ccc(F)cc2C)c2ccc(=O)n(-c3c(F)cccc3F)c2n1.CCCNC(=O)c1cn2ncnc(Nc3cc(C(=O)NC4CC4)ccc3C)c2c1C.CNC(=O)c1ccc(C)c(-n2c(C)cc(OCc3ccc(F)cc3F)c(Br)c2=O)c1.Cc1ccc(-n2nc(C(C)(C)C)cc2NC(=O)Nc2ccc(OCCN3CCOCC3)c3ccccc23)cc1. The van der Waals surface area contributed by atoms with Gasteiger partial charge < -0.3 is 51.2 Å². The third-order valence-electron chi connectivity index (χ3n) is 22.2. The zero-order valence-electron chi connectivity index (χ0n) is 75.1. The van der Waals surface area contributed by atoms with Crippen LogP contribution in [0.15, 0.2) is 203 Å². The molecule has 686 valence electrons. The number of hydrogen-bond donors (Lipinski definition) is 8. The topological polar surface area (TPSA) is 321 Å². The monoisotopic (exact) mass is 1860 g/mol. The van der Waals surface area contributed by atoms with Crippen molar-refractivity contribution in [1.82, 2.24) is 64.3 Å². The number of aliphatic hydroxyl groups excluding tert-OH is 1. The van der Waals surface area contributed by atoms with E-state index in [9.17, 15) is 55.8 Å². The first-order chi connectivity index (χ1) is 63.3. The summed E-state index contributed by atoms with van der Waals surface area (Å²) in [6.45, 7) is 26.5. The van der Waals surface area contributed by atoms with Gasteiger partial charge in [0.1, 0.15) is 81.6 Å². The summed E-state index contributed by atoms with van der Waals surface area (Å²) in [5.41, 5.74) is 10.3. The molecule has 0 spiro atoms. The molecule has 33 heteroatoms. The van der Waals surface area contributed by atoms with Crippen LogP contribution in [-0.2, 0) is 16.8 Å². The Balaban J connectivity index is 0.000000151. The third-order valence-corrected chi connectivity index (χ3v) is 22.9. The Kier molecular flexibility index (Phi) is 30.9. The number of carbonyl (C=O) groups is 4. The van der Waals surface area contributed by atoms with E-state index < -0.39 is 46.4 Å². The zero-order valence-corrected chi connectivity index (χ0v) is 76.7. The van der Waals surface area contributed by atoms with Crippen LogP contribution < -0.4 is 57.8 Å². The average Bonchev–Trinajstić information content (AvgIpc) is 0.950. The van der Waals surface area contributed by atoms with Gasteiger partial charge in [-0.15, -0.1) is 0 Å². The number of nitrogens with one attached hydrogen (secondary N) is 7. The molecule has 1 aliphatic heterocycles. The number of ether oxygens (including phenoxy) is 3. The predicted octanol–water partition coefficient (Wildman–Crippen LogP) is 17.9. The second-order valence-corrected chi connectivity index (χ2v) is 33.8. The van der Waals surface area contributed by atoms with Gasteiger partial charge in [-0.25, -0.2) is 45.9 Å². The molecule has 7 heterocycles. The van der Waals surface area contributed by atoms with Crippen molar-refractivity contribution in [1.29, 1.82) is 0 Å². The van der Waals surface area contributed by atoms with Crippen molar-refractivity contribution in [2.24, 2.45) is 0 Å². The van der Waals surface area contributed by atoms with Crippen LogP contribution in [0.1, 0.15) is 136 Å². The number of aliphatic hydroxyl groups is 1. The first-order valence-corrected chi connectivity index (χ1v) is 43.9. The first-order valence-electron chi connectivity index (χ1n) is 43.2. The van der Waals surface area contributed by atoms with Crippen molar-refractivity contribution in [2.45, 2.75) is 126 Å². The van der Waals surface area contributed by atoms with Crippen LogP contribution in [0, 0.1) is 70.6 Å². The standard InChI is InChI=1S/C31H37N5O3.C24H21F3N4O2.C22H19BrF2N2O3.C22H26N6O2/c1-22-9-11-23(12-10-22)36-29(21-28(34-36)31(2,3)4)33-30(37)32-26-13-14-27(25-8-6-5-7-24(25)26)39-20-17-35-15-18-38-19-16-35;1-3-15(12-32)28-24-29-21(16-8-7-14(25)11-13(16)2)17-9-10-20(33)31(23(17)30-24)22-18(26)5-4-6-19(22)27;1-12-4-5-14(21(28)26-3)9-18(12)27-13(2)8-19(20(23)22(27)29)30-11-15-6-7-16(24)10-17(15)25;1-4-9-23-22(30)17-11-28-19(14(17)3)20(24-12-25-28)27-18-10-15(6-5-13(18)2)21(29)26-16-7-8-16/h5-14,21H,15-20H2,1-4H3,(H2,32,33,37);4-11,15,32H,3,12H2,1-2H3,(H,28,29,30);4-10H,11H2,1-3H3,(H,26,28);5-6,10-12,16H,4,7-9H2,1-3H3,(H,23,30)(H,26,29)(H,24,25,27). The number of amides is 5. The normalized spacial score (nSPS) is 12.8. The lowest BCUT2D eigenvalue weighted by Crippen LogP contribution is -2.38. The number of anilines is 5. The van der Waals surface area contributed by atoms with Gasteiger partial charge >= 0.3 is 6.03 Å². The summed E-state index contributed by atoms with van der Waals surface area (Å²) in [7, 11) is 1.53. The van der Waals surface area contributed by atoms with Crippen LogP contribution in [0.4, 0.5) is 55.7 Å².